The van der Waals surface area contributed by atoms with Crippen molar-refractivity contribution in [3.8, 4) is 0 Å². The summed E-state index contributed by atoms with van der Waals surface area (Å²) in [6.45, 7) is 2.71. The van der Waals surface area contributed by atoms with E-state index in [9.17, 15) is 0 Å². The number of pyridine rings is 1. The minimum atomic E-state index is 0.185. The Kier molecular flexibility index (Phi) is 3.86. The Morgan fingerprint density at radius 3 is 2.92 bits per heavy atom. The molecule has 0 spiro atoms. The van der Waals surface area contributed by atoms with Crippen molar-refractivity contribution in [2.45, 2.75) is 13.0 Å². The summed E-state index contributed by atoms with van der Waals surface area (Å²) in [6, 6.07) is 4.24. The lowest BCUT2D eigenvalue weighted by atomic mass is 10.1. The molecule has 3 heteroatoms. The summed E-state index contributed by atoms with van der Waals surface area (Å²) in [7, 11) is 3.60. The van der Waals surface area contributed by atoms with Crippen molar-refractivity contribution in [1.29, 1.82) is 0 Å². The SMILES string of the molecule is CNC(COC)c1cc(C)ccn1. The third-order valence-corrected chi connectivity index (χ3v) is 1.98. The molecule has 0 aromatic carbocycles. The van der Waals surface area contributed by atoms with E-state index in [-0.39, 0.29) is 6.04 Å². The van der Waals surface area contributed by atoms with Crippen LogP contribution in [0.25, 0.3) is 0 Å². The van der Waals surface area contributed by atoms with Crippen LogP contribution in [0.15, 0.2) is 18.3 Å². The Morgan fingerprint density at radius 2 is 2.38 bits per heavy atom. The van der Waals surface area contributed by atoms with Crippen LogP contribution in [0.2, 0.25) is 0 Å². The number of aromatic nitrogens is 1. The molecule has 0 bridgehead atoms. The zero-order valence-electron chi connectivity index (χ0n) is 8.37. The molecule has 1 rings (SSSR count). The summed E-state index contributed by atoms with van der Waals surface area (Å²) in [5.41, 5.74) is 2.26. The Bertz CT molecular complexity index is 263. The molecule has 3 nitrogen and oxygen atoms in total. The molecule has 1 unspecified atom stereocenters. The first-order chi connectivity index (χ1) is 6.27. The molecular weight excluding hydrogens is 164 g/mol. The van der Waals surface area contributed by atoms with Crippen molar-refractivity contribution >= 4 is 0 Å². The number of likely N-dealkylation sites (N-methyl/N-ethyl adjacent to an activating group) is 1. The third-order valence-electron chi connectivity index (χ3n) is 1.98. The first-order valence-corrected chi connectivity index (χ1v) is 4.36. The largest absolute Gasteiger partial charge is 0.383 e. The molecule has 1 aromatic heterocycles. The number of hydrogen-bond acceptors (Lipinski definition) is 3. The first kappa shape index (κ1) is 10.2. The van der Waals surface area contributed by atoms with Gasteiger partial charge in [-0.25, -0.2) is 0 Å². The van der Waals surface area contributed by atoms with E-state index in [0.29, 0.717) is 6.61 Å². The van der Waals surface area contributed by atoms with Crippen LogP contribution in [0.1, 0.15) is 17.3 Å². The molecule has 72 valence electrons. The van der Waals surface area contributed by atoms with Gasteiger partial charge < -0.3 is 10.1 Å². The quantitative estimate of drug-likeness (QED) is 0.758. The molecule has 1 heterocycles. The summed E-state index contributed by atoms with van der Waals surface area (Å²) in [4.78, 5) is 4.29. The van der Waals surface area contributed by atoms with E-state index < -0.39 is 0 Å². The maximum Gasteiger partial charge on any atom is 0.0730 e. The molecule has 1 aromatic rings. The van der Waals surface area contributed by atoms with Crippen LogP contribution in [-0.4, -0.2) is 25.7 Å². The topological polar surface area (TPSA) is 34.1 Å². The number of nitrogens with zero attached hydrogens (tertiary/aromatic N) is 1. The Hall–Kier alpha value is -0.930. The van der Waals surface area contributed by atoms with Crippen molar-refractivity contribution in [3.63, 3.8) is 0 Å². The zero-order chi connectivity index (χ0) is 9.68. The van der Waals surface area contributed by atoms with E-state index in [1.807, 2.05) is 19.3 Å². The number of methoxy groups -OCH3 is 1. The molecule has 1 atom stereocenters. The fourth-order valence-electron chi connectivity index (χ4n) is 1.23. The number of ether oxygens (including phenoxy) is 1. The van der Waals surface area contributed by atoms with Gasteiger partial charge >= 0.3 is 0 Å². The average Bonchev–Trinajstić information content (AvgIpc) is 2.14. The second kappa shape index (κ2) is 4.94. The van der Waals surface area contributed by atoms with E-state index in [1.54, 1.807) is 7.11 Å². The smallest absolute Gasteiger partial charge is 0.0730 e. The van der Waals surface area contributed by atoms with E-state index >= 15 is 0 Å². The van der Waals surface area contributed by atoms with Gasteiger partial charge in [0, 0.05) is 13.3 Å². The molecule has 13 heavy (non-hydrogen) atoms. The summed E-state index contributed by atoms with van der Waals surface area (Å²) in [5.74, 6) is 0. The highest BCUT2D eigenvalue weighted by Gasteiger charge is 2.09. The van der Waals surface area contributed by atoms with Crippen LogP contribution >= 0.6 is 0 Å². The van der Waals surface area contributed by atoms with Crippen molar-refractivity contribution in [3.05, 3.63) is 29.6 Å². The fraction of sp³-hybridized carbons (Fsp3) is 0.500. The molecule has 0 aliphatic heterocycles. The summed E-state index contributed by atoms with van der Waals surface area (Å²) >= 11 is 0. The van der Waals surface area contributed by atoms with E-state index in [1.165, 1.54) is 5.56 Å². The molecule has 0 saturated carbocycles. The van der Waals surface area contributed by atoms with E-state index in [4.69, 9.17) is 4.74 Å². The molecule has 1 N–H and O–H groups in total. The highest BCUT2D eigenvalue weighted by Crippen LogP contribution is 2.10. The summed E-state index contributed by atoms with van der Waals surface area (Å²) in [5, 5.41) is 3.16. The van der Waals surface area contributed by atoms with Gasteiger partial charge in [0.2, 0.25) is 0 Å². The van der Waals surface area contributed by atoms with E-state index in [0.717, 1.165) is 5.69 Å². The summed E-state index contributed by atoms with van der Waals surface area (Å²) < 4.78 is 5.09. The van der Waals surface area contributed by atoms with Crippen LogP contribution in [0.3, 0.4) is 0 Å². The van der Waals surface area contributed by atoms with Crippen LogP contribution < -0.4 is 5.32 Å². The minimum absolute atomic E-state index is 0.185. The van der Waals surface area contributed by atoms with Crippen molar-refractivity contribution in [2.24, 2.45) is 0 Å². The highest BCUT2D eigenvalue weighted by atomic mass is 16.5. The van der Waals surface area contributed by atoms with Gasteiger partial charge in [0.05, 0.1) is 18.3 Å². The van der Waals surface area contributed by atoms with Gasteiger partial charge in [0.1, 0.15) is 0 Å². The Labute approximate surface area is 79.1 Å². The molecule has 0 radical (unpaired) electrons. The predicted octanol–water partition coefficient (Wildman–Crippen LogP) is 1.30. The molecule has 0 aliphatic carbocycles. The lowest BCUT2D eigenvalue weighted by Crippen LogP contribution is -2.22. The molecule has 0 aliphatic rings. The van der Waals surface area contributed by atoms with Crippen LogP contribution in [-0.2, 0) is 4.74 Å². The molecule has 0 amide bonds. The lowest BCUT2D eigenvalue weighted by Gasteiger charge is -2.14. The van der Waals surface area contributed by atoms with E-state index in [2.05, 4.69) is 23.3 Å². The van der Waals surface area contributed by atoms with Gasteiger partial charge in [-0.1, -0.05) is 0 Å². The van der Waals surface area contributed by atoms with Crippen molar-refractivity contribution in [2.75, 3.05) is 20.8 Å². The number of nitrogens with one attached hydrogen (secondary N) is 1. The maximum absolute atomic E-state index is 5.09. The van der Waals surface area contributed by atoms with Gasteiger partial charge in [-0.2, -0.15) is 0 Å². The summed E-state index contributed by atoms with van der Waals surface area (Å²) in [6.07, 6.45) is 1.82. The fourth-order valence-corrected chi connectivity index (χ4v) is 1.23. The van der Waals surface area contributed by atoms with Crippen molar-refractivity contribution < 1.29 is 4.74 Å². The molecule has 0 fully saturated rings. The monoisotopic (exact) mass is 180 g/mol. The Balaban J connectivity index is 2.78. The number of rotatable bonds is 4. The minimum Gasteiger partial charge on any atom is -0.383 e. The molecular formula is C10H16N2O. The second-order valence-corrected chi connectivity index (χ2v) is 3.05. The average molecular weight is 180 g/mol. The van der Waals surface area contributed by atoms with Gasteiger partial charge in [-0.15, -0.1) is 0 Å². The van der Waals surface area contributed by atoms with Gasteiger partial charge in [-0.05, 0) is 31.7 Å². The third kappa shape index (κ3) is 2.79. The Morgan fingerprint density at radius 1 is 1.62 bits per heavy atom. The number of hydrogen-bond donors (Lipinski definition) is 1. The van der Waals surface area contributed by atoms with Crippen LogP contribution in [0, 0.1) is 6.92 Å². The lowest BCUT2D eigenvalue weighted by molar-refractivity contribution is 0.169. The van der Waals surface area contributed by atoms with Crippen LogP contribution in [0.4, 0.5) is 0 Å². The van der Waals surface area contributed by atoms with Crippen LogP contribution in [0.5, 0.6) is 0 Å². The zero-order valence-corrected chi connectivity index (χ0v) is 8.37. The highest BCUT2D eigenvalue weighted by molar-refractivity contribution is 5.17. The standard InChI is InChI=1S/C10H16N2O/c1-8-4-5-12-9(6-8)10(11-2)7-13-3/h4-6,10-11H,7H2,1-3H3. The normalized spacial score (nSPS) is 12.8. The number of aryl methyl sites for hydroxylation is 1. The van der Waals surface area contributed by atoms with Crippen molar-refractivity contribution in [1.82, 2.24) is 10.3 Å². The molecule has 0 saturated heterocycles. The van der Waals surface area contributed by atoms with Gasteiger partial charge in [-0.3, -0.25) is 4.98 Å². The van der Waals surface area contributed by atoms with Gasteiger partial charge in [0.15, 0.2) is 0 Å². The predicted molar refractivity (Wildman–Crippen MR) is 52.7 cm³/mol. The maximum atomic E-state index is 5.09. The van der Waals surface area contributed by atoms with Gasteiger partial charge in [0.25, 0.3) is 0 Å². The second-order valence-electron chi connectivity index (χ2n) is 3.05. The first-order valence-electron chi connectivity index (χ1n) is 4.36.